The molecule has 6 nitrogen and oxygen atoms in total. The summed E-state index contributed by atoms with van der Waals surface area (Å²) in [5, 5.41) is 6.88. The van der Waals surface area contributed by atoms with E-state index in [1.807, 2.05) is 21.7 Å². The van der Waals surface area contributed by atoms with E-state index in [1.54, 1.807) is 17.2 Å². The highest BCUT2D eigenvalue weighted by atomic mass is 32.1. The number of amides is 2. The van der Waals surface area contributed by atoms with Crippen LogP contribution in [0.2, 0.25) is 0 Å². The SMILES string of the molecule is O=C(Nc1cccc(F)c1)N1CCN(c2ncc(-c3ccsc3)c3nc(C(F)(F)F)ccc23)CC1. The Balaban J connectivity index is 1.39. The van der Waals surface area contributed by atoms with Crippen molar-refractivity contribution in [1.82, 2.24) is 14.9 Å². The van der Waals surface area contributed by atoms with Crippen molar-refractivity contribution >= 4 is 39.8 Å². The molecule has 0 radical (unpaired) electrons. The Hall–Kier alpha value is -3.73. The van der Waals surface area contributed by atoms with E-state index in [1.165, 1.54) is 35.6 Å². The lowest BCUT2D eigenvalue weighted by atomic mass is 10.1. The number of alkyl halides is 3. The zero-order chi connectivity index (χ0) is 24.6. The minimum Gasteiger partial charge on any atom is -0.353 e. The zero-order valence-corrected chi connectivity index (χ0v) is 19.0. The molecule has 2 amide bonds. The van der Waals surface area contributed by atoms with Crippen molar-refractivity contribution in [2.45, 2.75) is 6.18 Å². The molecule has 0 bridgehead atoms. The molecule has 0 atom stereocenters. The molecule has 180 valence electrons. The second-order valence-corrected chi connectivity index (χ2v) is 8.79. The Kier molecular flexibility index (Phi) is 6.01. The van der Waals surface area contributed by atoms with Crippen LogP contribution in [-0.4, -0.2) is 47.1 Å². The summed E-state index contributed by atoms with van der Waals surface area (Å²) in [6, 6.07) is 9.49. The van der Waals surface area contributed by atoms with E-state index in [0.717, 1.165) is 11.6 Å². The topological polar surface area (TPSA) is 61.4 Å². The maximum absolute atomic E-state index is 13.4. The van der Waals surface area contributed by atoms with Crippen LogP contribution in [-0.2, 0) is 6.18 Å². The van der Waals surface area contributed by atoms with E-state index in [4.69, 9.17) is 0 Å². The molecular weight excluding hydrogens is 482 g/mol. The van der Waals surface area contributed by atoms with Crippen LogP contribution in [0.1, 0.15) is 5.69 Å². The lowest BCUT2D eigenvalue weighted by molar-refractivity contribution is -0.140. The predicted molar refractivity (Wildman–Crippen MR) is 127 cm³/mol. The Morgan fingerprint density at radius 2 is 1.86 bits per heavy atom. The molecule has 1 aliphatic rings. The second-order valence-electron chi connectivity index (χ2n) is 8.01. The molecule has 1 aromatic carbocycles. The van der Waals surface area contributed by atoms with Crippen LogP contribution in [0.25, 0.3) is 22.0 Å². The summed E-state index contributed by atoms with van der Waals surface area (Å²) in [6.45, 7) is 1.59. The van der Waals surface area contributed by atoms with Crippen LogP contribution in [0.15, 0.2) is 59.4 Å². The Morgan fingerprint density at radius 1 is 1.06 bits per heavy atom. The van der Waals surface area contributed by atoms with Crippen molar-refractivity contribution in [2.75, 3.05) is 36.4 Å². The highest BCUT2D eigenvalue weighted by Crippen LogP contribution is 2.36. The molecule has 1 saturated heterocycles. The maximum Gasteiger partial charge on any atom is 0.433 e. The first kappa shape index (κ1) is 23.0. The summed E-state index contributed by atoms with van der Waals surface area (Å²) in [5.41, 5.74) is 0.918. The number of fused-ring (bicyclic) bond motifs is 1. The number of halogens is 4. The molecule has 5 rings (SSSR count). The quantitative estimate of drug-likeness (QED) is 0.357. The number of nitrogens with one attached hydrogen (secondary N) is 1. The first-order chi connectivity index (χ1) is 16.8. The molecule has 0 saturated carbocycles. The third-order valence-electron chi connectivity index (χ3n) is 5.77. The smallest absolute Gasteiger partial charge is 0.353 e. The Morgan fingerprint density at radius 3 is 2.54 bits per heavy atom. The van der Waals surface area contributed by atoms with E-state index in [2.05, 4.69) is 15.3 Å². The highest BCUT2D eigenvalue weighted by Gasteiger charge is 2.33. The third-order valence-corrected chi connectivity index (χ3v) is 6.46. The molecule has 0 spiro atoms. The van der Waals surface area contributed by atoms with Crippen molar-refractivity contribution in [3.63, 3.8) is 0 Å². The fraction of sp³-hybridized carbons (Fsp3) is 0.208. The molecule has 4 heterocycles. The van der Waals surface area contributed by atoms with Gasteiger partial charge in [0.25, 0.3) is 0 Å². The summed E-state index contributed by atoms with van der Waals surface area (Å²) in [4.78, 5) is 24.7. The van der Waals surface area contributed by atoms with Gasteiger partial charge in [-0.1, -0.05) is 6.07 Å². The van der Waals surface area contributed by atoms with Crippen LogP contribution < -0.4 is 10.2 Å². The van der Waals surface area contributed by atoms with Gasteiger partial charge in [0.1, 0.15) is 17.3 Å². The van der Waals surface area contributed by atoms with Gasteiger partial charge >= 0.3 is 12.2 Å². The second kappa shape index (κ2) is 9.14. The lowest BCUT2D eigenvalue weighted by Gasteiger charge is -2.36. The van der Waals surface area contributed by atoms with E-state index < -0.39 is 17.7 Å². The fourth-order valence-electron chi connectivity index (χ4n) is 4.03. The van der Waals surface area contributed by atoms with E-state index in [-0.39, 0.29) is 11.5 Å². The number of hydrogen-bond donors (Lipinski definition) is 1. The number of thiophene rings is 1. The van der Waals surface area contributed by atoms with Gasteiger partial charge in [0, 0.05) is 49.0 Å². The number of pyridine rings is 2. The van der Waals surface area contributed by atoms with Gasteiger partial charge in [-0.3, -0.25) is 0 Å². The normalized spacial score (nSPS) is 14.4. The molecule has 0 aliphatic carbocycles. The summed E-state index contributed by atoms with van der Waals surface area (Å²) in [6.07, 6.45) is -3.01. The summed E-state index contributed by atoms with van der Waals surface area (Å²) in [7, 11) is 0. The third kappa shape index (κ3) is 4.76. The lowest BCUT2D eigenvalue weighted by Crippen LogP contribution is -2.50. The molecule has 4 aromatic rings. The number of rotatable bonds is 3. The van der Waals surface area contributed by atoms with Crippen LogP contribution in [0.5, 0.6) is 0 Å². The molecule has 3 aromatic heterocycles. The largest absolute Gasteiger partial charge is 0.433 e. The molecule has 1 aliphatic heterocycles. The molecular formula is C24H19F4N5OS. The summed E-state index contributed by atoms with van der Waals surface area (Å²) < 4.78 is 53.6. The maximum atomic E-state index is 13.4. The van der Waals surface area contributed by atoms with Gasteiger partial charge in [0.2, 0.25) is 0 Å². The molecule has 35 heavy (non-hydrogen) atoms. The number of nitrogens with zero attached hydrogens (tertiary/aromatic N) is 4. The van der Waals surface area contributed by atoms with Crippen molar-refractivity contribution in [3.05, 3.63) is 70.9 Å². The van der Waals surface area contributed by atoms with Crippen molar-refractivity contribution in [2.24, 2.45) is 0 Å². The van der Waals surface area contributed by atoms with Gasteiger partial charge in [-0.05, 0) is 52.7 Å². The average molecular weight is 502 g/mol. The number of carbonyl (C=O) groups is 1. The van der Waals surface area contributed by atoms with E-state index >= 15 is 0 Å². The number of carbonyl (C=O) groups excluding carboxylic acids is 1. The summed E-state index contributed by atoms with van der Waals surface area (Å²) >= 11 is 1.44. The zero-order valence-electron chi connectivity index (χ0n) is 18.2. The van der Waals surface area contributed by atoms with Gasteiger partial charge < -0.3 is 15.1 Å². The number of piperazine rings is 1. The standard InChI is InChI=1S/C24H19F4N5OS/c25-16-2-1-3-17(12-16)30-23(34)33-9-7-32(8-10-33)22-18-4-5-20(24(26,27)28)31-21(18)19(13-29-22)15-6-11-35-14-15/h1-6,11-14H,7-10H2,(H,30,34). The molecule has 1 fully saturated rings. The number of aromatic nitrogens is 2. The van der Waals surface area contributed by atoms with Crippen LogP contribution in [0.4, 0.5) is 33.9 Å². The number of benzene rings is 1. The first-order valence-corrected chi connectivity index (χ1v) is 11.7. The Labute approximate surface area is 201 Å². The van der Waals surface area contributed by atoms with Crippen molar-refractivity contribution < 1.29 is 22.4 Å². The van der Waals surface area contributed by atoms with Crippen LogP contribution in [0.3, 0.4) is 0 Å². The number of urea groups is 1. The number of anilines is 2. The van der Waals surface area contributed by atoms with Crippen molar-refractivity contribution in [3.8, 4) is 11.1 Å². The molecule has 11 heteroatoms. The van der Waals surface area contributed by atoms with Gasteiger partial charge in [-0.15, -0.1) is 0 Å². The van der Waals surface area contributed by atoms with Gasteiger partial charge in [-0.2, -0.15) is 24.5 Å². The van der Waals surface area contributed by atoms with E-state index in [9.17, 15) is 22.4 Å². The Bertz CT molecular complexity index is 1370. The number of hydrogen-bond acceptors (Lipinski definition) is 5. The van der Waals surface area contributed by atoms with Gasteiger partial charge in [0.05, 0.1) is 5.52 Å². The predicted octanol–water partition coefficient (Wildman–Crippen LogP) is 5.87. The molecule has 1 N–H and O–H groups in total. The average Bonchev–Trinajstić information content (AvgIpc) is 3.37. The minimum atomic E-state index is -4.57. The molecule has 0 unspecified atom stereocenters. The summed E-state index contributed by atoms with van der Waals surface area (Å²) in [5.74, 6) is 0.0733. The minimum absolute atomic E-state index is 0.231. The highest BCUT2D eigenvalue weighted by molar-refractivity contribution is 7.08. The van der Waals surface area contributed by atoms with Crippen molar-refractivity contribution in [1.29, 1.82) is 0 Å². The van der Waals surface area contributed by atoms with Crippen LogP contribution >= 0.6 is 11.3 Å². The van der Waals surface area contributed by atoms with E-state index in [0.29, 0.717) is 48.6 Å². The fourth-order valence-corrected chi connectivity index (χ4v) is 4.69. The first-order valence-electron chi connectivity index (χ1n) is 10.8. The van der Waals surface area contributed by atoms with Gasteiger partial charge in [-0.25, -0.2) is 19.2 Å². The van der Waals surface area contributed by atoms with Crippen LogP contribution in [0, 0.1) is 5.82 Å². The van der Waals surface area contributed by atoms with Gasteiger partial charge in [0.15, 0.2) is 0 Å². The monoisotopic (exact) mass is 501 g/mol.